The van der Waals surface area contributed by atoms with Gasteiger partial charge in [-0.05, 0) is 13.3 Å². The zero-order chi connectivity index (χ0) is 11.6. The van der Waals surface area contributed by atoms with Gasteiger partial charge in [-0.15, -0.1) is 0 Å². The number of hydrogen-bond donors (Lipinski definition) is 2. The number of aliphatic hydroxyl groups is 1. The predicted molar refractivity (Wildman–Crippen MR) is 60.1 cm³/mol. The second-order valence-corrected chi connectivity index (χ2v) is 3.23. The molecule has 0 aliphatic heterocycles. The standard InChI is InChI=1S/C9H19NO2.C2H6/c1-4-5-9(7(2)11)6-10-8(3)12;1-2/h7,9,11H,4-6H2,1-3H3,(H,10,12);1-2H3/t7-,9-;/m0./s1. The average Bonchev–Trinajstić information content (AvgIpc) is 2.14. The Morgan fingerprint density at radius 2 is 1.93 bits per heavy atom. The van der Waals surface area contributed by atoms with E-state index in [9.17, 15) is 9.90 Å². The van der Waals surface area contributed by atoms with Gasteiger partial charge in [0, 0.05) is 19.4 Å². The Labute approximate surface area is 87.9 Å². The first-order valence-electron chi connectivity index (χ1n) is 5.50. The quantitative estimate of drug-likeness (QED) is 0.717. The Balaban J connectivity index is 0. The van der Waals surface area contributed by atoms with Gasteiger partial charge in [-0.3, -0.25) is 4.79 Å². The molecule has 0 aliphatic rings. The van der Waals surface area contributed by atoms with E-state index < -0.39 is 0 Å². The van der Waals surface area contributed by atoms with Crippen LogP contribution in [0.3, 0.4) is 0 Å². The van der Waals surface area contributed by atoms with Crippen molar-refractivity contribution in [3.63, 3.8) is 0 Å². The SMILES string of the molecule is CC.CCC[C@@H](CNC(C)=O)[C@H](C)O. The van der Waals surface area contributed by atoms with E-state index in [0.717, 1.165) is 12.8 Å². The van der Waals surface area contributed by atoms with E-state index in [0.29, 0.717) is 6.54 Å². The van der Waals surface area contributed by atoms with Gasteiger partial charge in [-0.1, -0.05) is 27.2 Å². The van der Waals surface area contributed by atoms with E-state index in [1.54, 1.807) is 6.92 Å². The Hall–Kier alpha value is -0.570. The fourth-order valence-electron chi connectivity index (χ4n) is 1.16. The fourth-order valence-corrected chi connectivity index (χ4v) is 1.16. The van der Waals surface area contributed by atoms with Crippen molar-refractivity contribution >= 4 is 5.91 Å². The highest BCUT2D eigenvalue weighted by molar-refractivity contribution is 5.72. The Kier molecular flexibility index (Phi) is 11.9. The van der Waals surface area contributed by atoms with E-state index in [-0.39, 0.29) is 17.9 Å². The first-order chi connectivity index (χ1) is 6.57. The molecule has 2 atom stereocenters. The molecule has 86 valence electrons. The van der Waals surface area contributed by atoms with Gasteiger partial charge in [0.1, 0.15) is 0 Å². The van der Waals surface area contributed by atoms with Crippen LogP contribution in [0.15, 0.2) is 0 Å². The minimum Gasteiger partial charge on any atom is -0.393 e. The van der Waals surface area contributed by atoms with Gasteiger partial charge in [0.15, 0.2) is 0 Å². The maximum atomic E-state index is 10.6. The van der Waals surface area contributed by atoms with Crippen molar-refractivity contribution in [1.82, 2.24) is 5.32 Å². The van der Waals surface area contributed by atoms with Gasteiger partial charge >= 0.3 is 0 Å². The molecular formula is C11H25NO2. The molecule has 1 amide bonds. The second-order valence-electron chi connectivity index (χ2n) is 3.23. The molecule has 14 heavy (non-hydrogen) atoms. The topological polar surface area (TPSA) is 49.3 Å². The van der Waals surface area contributed by atoms with Crippen molar-refractivity contribution in [2.45, 2.75) is 53.6 Å². The molecule has 0 aliphatic carbocycles. The summed E-state index contributed by atoms with van der Waals surface area (Å²) in [5.74, 6) is 0.163. The maximum absolute atomic E-state index is 10.6. The summed E-state index contributed by atoms with van der Waals surface area (Å²) in [5, 5.41) is 12.0. The van der Waals surface area contributed by atoms with Crippen molar-refractivity contribution in [3.8, 4) is 0 Å². The lowest BCUT2D eigenvalue weighted by atomic mass is 9.98. The summed E-state index contributed by atoms with van der Waals surface area (Å²) in [6, 6.07) is 0. The average molecular weight is 203 g/mol. The molecule has 0 bridgehead atoms. The van der Waals surface area contributed by atoms with E-state index >= 15 is 0 Å². The van der Waals surface area contributed by atoms with Crippen LogP contribution in [-0.2, 0) is 4.79 Å². The lowest BCUT2D eigenvalue weighted by Crippen LogP contribution is -2.32. The molecular weight excluding hydrogens is 178 g/mol. The van der Waals surface area contributed by atoms with Crippen LogP contribution in [0.4, 0.5) is 0 Å². The smallest absolute Gasteiger partial charge is 0.216 e. The number of amides is 1. The van der Waals surface area contributed by atoms with Crippen molar-refractivity contribution in [3.05, 3.63) is 0 Å². The molecule has 3 nitrogen and oxygen atoms in total. The van der Waals surface area contributed by atoms with Crippen molar-refractivity contribution in [2.75, 3.05) is 6.54 Å². The summed E-state index contributed by atoms with van der Waals surface area (Å²) >= 11 is 0. The molecule has 0 spiro atoms. The fraction of sp³-hybridized carbons (Fsp3) is 0.909. The zero-order valence-electron chi connectivity index (χ0n) is 10.1. The molecule has 0 aromatic carbocycles. The van der Waals surface area contributed by atoms with Crippen LogP contribution in [0, 0.1) is 5.92 Å². The highest BCUT2D eigenvalue weighted by atomic mass is 16.3. The summed E-state index contributed by atoms with van der Waals surface area (Å²) in [6.07, 6.45) is 1.66. The van der Waals surface area contributed by atoms with E-state index in [1.165, 1.54) is 6.92 Å². The number of hydrogen-bond acceptors (Lipinski definition) is 2. The third-order valence-corrected chi connectivity index (χ3v) is 1.95. The van der Waals surface area contributed by atoms with Gasteiger partial charge in [-0.25, -0.2) is 0 Å². The predicted octanol–water partition coefficient (Wildman–Crippen LogP) is 1.95. The van der Waals surface area contributed by atoms with Crippen molar-refractivity contribution < 1.29 is 9.90 Å². The monoisotopic (exact) mass is 203 g/mol. The molecule has 0 aromatic rings. The number of nitrogens with one attached hydrogen (secondary N) is 1. The highest BCUT2D eigenvalue weighted by Gasteiger charge is 2.13. The van der Waals surface area contributed by atoms with Gasteiger partial charge in [0.25, 0.3) is 0 Å². The van der Waals surface area contributed by atoms with Crippen LogP contribution in [0.25, 0.3) is 0 Å². The minimum absolute atomic E-state index is 0.0308. The summed E-state index contributed by atoms with van der Waals surface area (Å²) in [7, 11) is 0. The van der Waals surface area contributed by atoms with E-state index in [4.69, 9.17) is 0 Å². The minimum atomic E-state index is -0.336. The van der Waals surface area contributed by atoms with E-state index in [1.807, 2.05) is 13.8 Å². The van der Waals surface area contributed by atoms with Crippen LogP contribution in [0.2, 0.25) is 0 Å². The van der Waals surface area contributed by atoms with Crippen LogP contribution < -0.4 is 5.32 Å². The van der Waals surface area contributed by atoms with E-state index in [2.05, 4.69) is 12.2 Å². The number of carbonyl (C=O) groups excluding carboxylic acids is 1. The number of carbonyl (C=O) groups is 1. The third kappa shape index (κ3) is 9.52. The summed E-state index contributed by atoms with van der Waals surface area (Å²) in [6.45, 7) is 9.91. The van der Waals surface area contributed by atoms with Crippen LogP contribution in [0.1, 0.15) is 47.5 Å². The molecule has 0 aromatic heterocycles. The molecule has 2 N–H and O–H groups in total. The Morgan fingerprint density at radius 3 is 2.21 bits per heavy atom. The molecule has 0 fully saturated rings. The van der Waals surface area contributed by atoms with Crippen LogP contribution in [0.5, 0.6) is 0 Å². The first-order valence-corrected chi connectivity index (χ1v) is 5.50. The zero-order valence-corrected chi connectivity index (χ0v) is 10.1. The van der Waals surface area contributed by atoms with Crippen LogP contribution in [-0.4, -0.2) is 23.7 Å². The highest BCUT2D eigenvalue weighted by Crippen LogP contribution is 2.09. The molecule has 3 heteroatoms. The Morgan fingerprint density at radius 1 is 1.43 bits per heavy atom. The molecule has 0 radical (unpaired) electrons. The lowest BCUT2D eigenvalue weighted by molar-refractivity contribution is -0.119. The van der Waals surface area contributed by atoms with Crippen molar-refractivity contribution in [2.24, 2.45) is 5.92 Å². The molecule has 0 heterocycles. The summed E-state index contributed by atoms with van der Waals surface area (Å²) in [4.78, 5) is 10.6. The number of rotatable bonds is 5. The van der Waals surface area contributed by atoms with Gasteiger partial charge in [0.05, 0.1) is 6.10 Å². The normalized spacial score (nSPS) is 13.6. The number of aliphatic hydroxyl groups excluding tert-OH is 1. The second kappa shape index (κ2) is 10.5. The maximum Gasteiger partial charge on any atom is 0.216 e. The molecule has 0 saturated carbocycles. The van der Waals surface area contributed by atoms with Gasteiger partial charge in [0.2, 0.25) is 5.91 Å². The third-order valence-electron chi connectivity index (χ3n) is 1.95. The summed E-state index contributed by atoms with van der Waals surface area (Å²) in [5.41, 5.74) is 0. The molecule has 0 unspecified atom stereocenters. The lowest BCUT2D eigenvalue weighted by Gasteiger charge is -2.18. The summed E-state index contributed by atoms with van der Waals surface area (Å²) < 4.78 is 0. The molecule has 0 rings (SSSR count). The molecule has 0 saturated heterocycles. The van der Waals surface area contributed by atoms with Crippen molar-refractivity contribution in [1.29, 1.82) is 0 Å². The van der Waals surface area contributed by atoms with Crippen LogP contribution >= 0.6 is 0 Å². The van der Waals surface area contributed by atoms with Gasteiger partial charge < -0.3 is 10.4 Å². The Bertz CT molecular complexity index is 135. The van der Waals surface area contributed by atoms with Gasteiger partial charge in [-0.2, -0.15) is 0 Å². The first kappa shape index (κ1) is 15.9. The largest absolute Gasteiger partial charge is 0.393 e.